The maximum atomic E-state index is 10.3. The molecule has 46 heavy (non-hydrogen) atoms. The number of hydrogen-bond acceptors (Lipinski definition) is 9. The molecule has 2 aromatic carbocycles. The molecular formula is C37H39N5O2S2. The van der Waals surface area contributed by atoms with Gasteiger partial charge in [0.2, 0.25) is 5.95 Å². The Kier molecular flexibility index (Phi) is 10.2. The van der Waals surface area contributed by atoms with E-state index in [1.165, 1.54) is 5.56 Å². The minimum absolute atomic E-state index is 0.0991. The van der Waals surface area contributed by atoms with Crippen molar-refractivity contribution < 1.29 is 9.84 Å². The third-order valence-corrected chi connectivity index (χ3v) is 11.0. The van der Waals surface area contributed by atoms with Crippen molar-refractivity contribution in [2.24, 2.45) is 0 Å². The smallest absolute Gasteiger partial charge is 0.227 e. The predicted octanol–water partition coefficient (Wildman–Crippen LogP) is 8.21. The second-order valence-corrected chi connectivity index (χ2v) is 14.1. The Hall–Kier alpha value is -3.94. The second-order valence-electron chi connectivity index (χ2n) is 12.0. The Morgan fingerprint density at radius 2 is 2.00 bits per heavy atom. The van der Waals surface area contributed by atoms with Crippen LogP contribution in [0.25, 0.3) is 21.7 Å². The van der Waals surface area contributed by atoms with E-state index in [1.807, 2.05) is 36.6 Å². The quantitative estimate of drug-likeness (QED) is 0.124. The molecule has 1 atom stereocenters. The van der Waals surface area contributed by atoms with E-state index in [1.54, 1.807) is 29.3 Å². The number of allylic oxidation sites excluding steroid dienone is 4. The number of piperidine rings is 1. The average molecular weight is 650 g/mol. The highest BCUT2D eigenvalue weighted by Gasteiger charge is 2.26. The number of anilines is 2. The summed E-state index contributed by atoms with van der Waals surface area (Å²) in [4.78, 5) is 12.8. The van der Waals surface area contributed by atoms with Gasteiger partial charge in [0.25, 0.3) is 0 Å². The Morgan fingerprint density at radius 1 is 1.15 bits per heavy atom. The molecule has 9 heteroatoms. The average Bonchev–Trinajstić information content (AvgIpc) is 3.47. The first-order valence-corrected chi connectivity index (χ1v) is 17.8. The standard InChI is InChI=1S/C37H39N5O2S2/c1-37(16-4-3-5-17-37)27-10-6-9-26(23-27)33-31(25-38)35(45-2)46-34(33)32-13-18-39-36(41-32)40-28-11-7-12-30(24-28)44-22-8-19-42-20-14-29(43)15-21-42/h3-7,9-13,16,18,23-24,29,43H,8,14-15,17,19-22H2,1-2H3,(H,39,40,41). The van der Waals surface area contributed by atoms with Gasteiger partial charge in [-0.25, -0.2) is 9.97 Å². The van der Waals surface area contributed by atoms with Gasteiger partial charge in [0, 0.05) is 48.6 Å². The number of nitrogens with one attached hydrogen (secondary N) is 1. The molecule has 6 rings (SSSR count). The van der Waals surface area contributed by atoms with Crippen LogP contribution in [0.2, 0.25) is 0 Å². The van der Waals surface area contributed by atoms with Gasteiger partial charge < -0.3 is 20.1 Å². The number of aliphatic hydroxyl groups excluding tert-OH is 1. The molecule has 3 heterocycles. The van der Waals surface area contributed by atoms with Crippen LogP contribution in [0.1, 0.15) is 43.7 Å². The molecule has 0 saturated carbocycles. The Labute approximate surface area is 279 Å². The normalized spacial score (nSPS) is 18.4. The predicted molar refractivity (Wildman–Crippen MR) is 189 cm³/mol. The second kappa shape index (κ2) is 14.7. The van der Waals surface area contributed by atoms with E-state index in [2.05, 4.69) is 76.8 Å². The zero-order valence-electron chi connectivity index (χ0n) is 26.3. The van der Waals surface area contributed by atoms with Crippen LogP contribution < -0.4 is 10.1 Å². The lowest BCUT2D eigenvalue weighted by molar-refractivity contribution is 0.0800. The lowest BCUT2D eigenvalue weighted by Gasteiger charge is -2.29. The van der Waals surface area contributed by atoms with Gasteiger partial charge in [0.05, 0.1) is 33.1 Å². The molecule has 2 aromatic heterocycles. The fraction of sp³-hybridized carbons (Fsp3) is 0.324. The molecule has 1 unspecified atom stereocenters. The van der Waals surface area contributed by atoms with E-state index >= 15 is 0 Å². The molecule has 1 aliphatic carbocycles. The van der Waals surface area contributed by atoms with Crippen molar-refractivity contribution in [3.8, 4) is 33.5 Å². The van der Waals surface area contributed by atoms with Crippen molar-refractivity contribution in [2.45, 2.75) is 48.3 Å². The highest BCUT2D eigenvalue weighted by molar-refractivity contribution is 8.00. The fourth-order valence-corrected chi connectivity index (χ4v) is 7.95. The van der Waals surface area contributed by atoms with Crippen molar-refractivity contribution in [1.29, 1.82) is 5.26 Å². The first-order chi connectivity index (χ1) is 22.5. The van der Waals surface area contributed by atoms with Crippen molar-refractivity contribution in [1.82, 2.24) is 14.9 Å². The molecule has 1 aliphatic heterocycles. The molecule has 4 aromatic rings. The van der Waals surface area contributed by atoms with Gasteiger partial charge in [-0.05, 0) is 61.3 Å². The van der Waals surface area contributed by atoms with Crippen molar-refractivity contribution in [3.05, 3.63) is 96.2 Å². The van der Waals surface area contributed by atoms with Crippen LogP contribution in [0, 0.1) is 11.3 Å². The minimum atomic E-state index is -0.148. The summed E-state index contributed by atoms with van der Waals surface area (Å²) in [5.41, 5.74) is 5.34. The van der Waals surface area contributed by atoms with E-state index in [9.17, 15) is 10.4 Å². The SMILES string of the molecule is CSc1sc(-c2ccnc(Nc3cccc(OCCCN4CCC(O)CC4)c3)n2)c(-c2cccc(C3(C)C=CC=CC3)c2)c1C#N. The third kappa shape index (κ3) is 7.37. The van der Waals surface area contributed by atoms with Crippen LogP contribution in [-0.4, -0.2) is 58.6 Å². The molecule has 7 nitrogen and oxygen atoms in total. The molecule has 0 amide bonds. The van der Waals surface area contributed by atoms with E-state index in [-0.39, 0.29) is 11.5 Å². The van der Waals surface area contributed by atoms with Crippen molar-refractivity contribution in [3.63, 3.8) is 0 Å². The summed E-state index contributed by atoms with van der Waals surface area (Å²) < 4.78 is 7.03. The number of ether oxygens (including phenoxy) is 1. The Morgan fingerprint density at radius 3 is 2.78 bits per heavy atom. The third-order valence-electron chi connectivity index (χ3n) is 8.66. The van der Waals surface area contributed by atoms with Crippen LogP contribution in [0.15, 0.2) is 89.3 Å². The molecule has 0 radical (unpaired) electrons. The number of thioether (sulfide) groups is 1. The van der Waals surface area contributed by atoms with Crippen LogP contribution >= 0.6 is 23.1 Å². The zero-order valence-corrected chi connectivity index (χ0v) is 27.9. The summed E-state index contributed by atoms with van der Waals surface area (Å²) in [6.45, 7) is 5.75. The van der Waals surface area contributed by atoms with Gasteiger partial charge >= 0.3 is 0 Å². The summed E-state index contributed by atoms with van der Waals surface area (Å²) in [6, 6.07) is 20.8. The van der Waals surface area contributed by atoms with Crippen LogP contribution in [-0.2, 0) is 5.41 Å². The van der Waals surface area contributed by atoms with Gasteiger partial charge in [-0.2, -0.15) is 5.26 Å². The lowest BCUT2D eigenvalue weighted by atomic mass is 9.76. The topological polar surface area (TPSA) is 94.3 Å². The molecule has 0 bridgehead atoms. The number of hydrogen-bond donors (Lipinski definition) is 2. The van der Waals surface area contributed by atoms with E-state index in [4.69, 9.17) is 9.72 Å². The number of aliphatic hydroxyl groups is 1. The highest BCUT2D eigenvalue weighted by Crippen LogP contribution is 2.47. The fourth-order valence-electron chi connectivity index (χ4n) is 6.04. The number of nitrogens with zero attached hydrogens (tertiary/aromatic N) is 4. The van der Waals surface area contributed by atoms with Gasteiger partial charge in [0.1, 0.15) is 11.8 Å². The first kappa shape index (κ1) is 32.0. The van der Waals surface area contributed by atoms with Gasteiger partial charge in [0.15, 0.2) is 0 Å². The lowest BCUT2D eigenvalue weighted by Crippen LogP contribution is -2.36. The number of aromatic nitrogens is 2. The number of thiophene rings is 1. The van der Waals surface area contributed by atoms with Crippen molar-refractivity contribution in [2.75, 3.05) is 37.8 Å². The summed E-state index contributed by atoms with van der Waals surface area (Å²) in [6.07, 6.45) is 15.9. The maximum absolute atomic E-state index is 10.3. The molecule has 236 valence electrons. The maximum Gasteiger partial charge on any atom is 0.227 e. The summed E-state index contributed by atoms with van der Waals surface area (Å²) >= 11 is 3.19. The van der Waals surface area contributed by atoms with E-state index in [0.717, 1.165) is 82.7 Å². The summed E-state index contributed by atoms with van der Waals surface area (Å²) in [5.74, 6) is 1.27. The number of benzene rings is 2. The highest BCUT2D eigenvalue weighted by atomic mass is 32.2. The molecular weight excluding hydrogens is 611 g/mol. The van der Waals surface area contributed by atoms with Gasteiger partial charge in [-0.15, -0.1) is 23.1 Å². The summed E-state index contributed by atoms with van der Waals surface area (Å²) in [7, 11) is 0. The van der Waals surface area contributed by atoms with Gasteiger partial charge in [-0.3, -0.25) is 0 Å². The van der Waals surface area contributed by atoms with E-state index < -0.39 is 0 Å². The van der Waals surface area contributed by atoms with Crippen molar-refractivity contribution >= 4 is 34.7 Å². The first-order valence-electron chi connectivity index (χ1n) is 15.8. The Balaban J connectivity index is 1.21. The molecule has 2 N–H and O–H groups in total. The molecule has 0 spiro atoms. The van der Waals surface area contributed by atoms with Crippen LogP contribution in [0.5, 0.6) is 5.75 Å². The zero-order chi connectivity index (χ0) is 31.9. The summed E-state index contributed by atoms with van der Waals surface area (Å²) in [5, 5.41) is 23.4. The minimum Gasteiger partial charge on any atom is -0.493 e. The number of rotatable bonds is 11. The largest absolute Gasteiger partial charge is 0.493 e. The molecule has 1 fully saturated rings. The Bertz CT molecular complexity index is 1770. The molecule has 2 aliphatic rings. The van der Waals surface area contributed by atoms with E-state index in [0.29, 0.717) is 18.1 Å². The van der Waals surface area contributed by atoms with Crippen LogP contribution in [0.4, 0.5) is 11.6 Å². The number of nitriles is 1. The monoisotopic (exact) mass is 649 g/mol. The number of likely N-dealkylation sites (tertiary alicyclic amines) is 1. The van der Waals surface area contributed by atoms with Crippen LogP contribution in [0.3, 0.4) is 0 Å². The molecule has 1 saturated heterocycles. The van der Waals surface area contributed by atoms with Gasteiger partial charge in [-0.1, -0.05) is 61.6 Å².